The minimum atomic E-state index is 0.531. The van der Waals surface area contributed by atoms with Crippen LogP contribution in [0.25, 0.3) is 0 Å². The van der Waals surface area contributed by atoms with Crippen molar-refractivity contribution in [2.45, 2.75) is 26.2 Å². The van der Waals surface area contributed by atoms with Gasteiger partial charge in [-0.2, -0.15) is 0 Å². The standard InChI is InChI=1S/C15H21NO2/c1-5-10-8-12-11(9-13(10)16-2)6-7-14(17-3)15(12)18-4/h6-7,10H,5,8-9H2,1-4H3. The molecule has 18 heavy (non-hydrogen) atoms. The van der Waals surface area contributed by atoms with Crippen molar-refractivity contribution < 1.29 is 9.47 Å². The van der Waals surface area contributed by atoms with Crippen molar-refractivity contribution in [1.82, 2.24) is 0 Å². The number of rotatable bonds is 3. The van der Waals surface area contributed by atoms with Gasteiger partial charge in [-0.3, -0.25) is 4.99 Å². The number of hydrogen-bond acceptors (Lipinski definition) is 3. The number of nitrogens with zero attached hydrogens (tertiary/aromatic N) is 1. The van der Waals surface area contributed by atoms with Crippen LogP contribution in [0.4, 0.5) is 0 Å². The van der Waals surface area contributed by atoms with Gasteiger partial charge in [-0.15, -0.1) is 0 Å². The highest BCUT2D eigenvalue weighted by molar-refractivity contribution is 5.91. The lowest BCUT2D eigenvalue weighted by Gasteiger charge is -2.27. The Balaban J connectivity index is 2.48. The molecule has 1 aromatic carbocycles. The largest absolute Gasteiger partial charge is 0.493 e. The van der Waals surface area contributed by atoms with E-state index in [1.807, 2.05) is 13.1 Å². The van der Waals surface area contributed by atoms with Crippen LogP contribution >= 0.6 is 0 Å². The first-order valence-electron chi connectivity index (χ1n) is 6.43. The van der Waals surface area contributed by atoms with Gasteiger partial charge in [0.1, 0.15) is 0 Å². The molecule has 0 saturated heterocycles. The van der Waals surface area contributed by atoms with Gasteiger partial charge in [-0.1, -0.05) is 13.0 Å². The van der Waals surface area contributed by atoms with Crippen molar-refractivity contribution >= 4 is 5.71 Å². The molecule has 0 amide bonds. The highest BCUT2D eigenvalue weighted by Crippen LogP contribution is 2.38. The van der Waals surface area contributed by atoms with Crippen LogP contribution in [0, 0.1) is 5.92 Å². The fourth-order valence-corrected chi connectivity index (χ4v) is 2.77. The van der Waals surface area contributed by atoms with Gasteiger partial charge in [0.2, 0.25) is 0 Å². The van der Waals surface area contributed by atoms with Crippen LogP contribution in [0.2, 0.25) is 0 Å². The maximum Gasteiger partial charge on any atom is 0.164 e. The van der Waals surface area contributed by atoms with E-state index in [0.717, 1.165) is 30.8 Å². The molecule has 0 bridgehead atoms. The van der Waals surface area contributed by atoms with Crippen LogP contribution in [-0.2, 0) is 12.8 Å². The van der Waals surface area contributed by atoms with Crippen molar-refractivity contribution in [2.75, 3.05) is 21.3 Å². The molecule has 0 saturated carbocycles. The SMILES string of the molecule is CCC1Cc2c(ccc(OC)c2OC)CC1=NC. The number of aliphatic imine (C=N–C) groups is 1. The number of hydrogen-bond donors (Lipinski definition) is 0. The molecule has 0 aliphatic heterocycles. The fourth-order valence-electron chi connectivity index (χ4n) is 2.77. The van der Waals surface area contributed by atoms with Gasteiger partial charge in [0.25, 0.3) is 0 Å². The Morgan fingerprint density at radius 1 is 1.28 bits per heavy atom. The van der Waals surface area contributed by atoms with Gasteiger partial charge in [-0.25, -0.2) is 0 Å². The van der Waals surface area contributed by atoms with E-state index in [-0.39, 0.29) is 0 Å². The number of benzene rings is 1. The molecular formula is C15H21NO2. The normalized spacial score (nSPS) is 20.7. The first-order valence-corrected chi connectivity index (χ1v) is 6.43. The molecule has 0 heterocycles. The molecule has 2 rings (SSSR count). The Morgan fingerprint density at radius 2 is 2.06 bits per heavy atom. The van der Waals surface area contributed by atoms with Crippen molar-refractivity contribution in [2.24, 2.45) is 10.9 Å². The maximum absolute atomic E-state index is 5.53. The molecule has 0 fully saturated rings. The lowest BCUT2D eigenvalue weighted by atomic mass is 9.80. The third-order valence-corrected chi connectivity index (χ3v) is 3.82. The zero-order valence-electron chi connectivity index (χ0n) is 11.6. The third-order valence-electron chi connectivity index (χ3n) is 3.82. The lowest BCUT2D eigenvalue weighted by molar-refractivity contribution is 0.349. The van der Waals surface area contributed by atoms with E-state index < -0.39 is 0 Å². The van der Waals surface area contributed by atoms with Crippen LogP contribution < -0.4 is 9.47 Å². The molecule has 1 aliphatic carbocycles. The van der Waals surface area contributed by atoms with E-state index in [1.165, 1.54) is 16.8 Å². The summed E-state index contributed by atoms with van der Waals surface area (Å²) in [6.45, 7) is 2.22. The molecule has 1 atom stereocenters. The zero-order chi connectivity index (χ0) is 13.1. The Hall–Kier alpha value is -1.51. The summed E-state index contributed by atoms with van der Waals surface area (Å²) in [5.74, 6) is 2.25. The van der Waals surface area contributed by atoms with E-state index >= 15 is 0 Å². The minimum Gasteiger partial charge on any atom is -0.493 e. The fraction of sp³-hybridized carbons (Fsp3) is 0.533. The Bertz CT molecular complexity index is 466. The van der Waals surface area contributed by atoms with E-state index in [9.17, 15) is 0 Å². The zero-order valence-corrected chi connectivity index (χ0v) is 11.6. The van der Waals surface area contributed by atoms with Crippen LogP contribution in [-0.4, -0.2) is 27.0 Å². The van der Waals surface area contributed by atoms with E-state index in [2.05, 4.69) is 18.0 Å². The molecule has 1 aromatic rings. The van der Waals surface area contributed by atoms with Crippen LogP contribution in [0.5, 0.6) is 11.5 Å². The third kappa shape index (κ3) is 2.09. The minimum absolute atomic E-state index is 0.531. The molecule has 3 heteroatoms. The summed E-state index contributed by atoms with van der Waals surface area (Å²) in [5.41, 5.74) is 3.91. The summed E-state index contributed by atoms with van der Waals surface area (Å²) >= 11 is 0. The number of ether oxygens (including phenoxy) is 2. The molecule has 98 valence electrons. The summed E-state index contributed by atoms with van der Waals surface area (Å²) < 4.78 is 10.9. The van der Waals surface area contributed by atoms with Crippen molar-refractivity contribution in [3.8, 4) is 11.5 Å². The van der Waals surface area contributed by atoms with Gasteiger partial charge in [0.05, 0.1) is 14.2 Å². The summed E-state index contributed by atoms with van der Waals surface area (Å²) in [6, 6.07) is 4.12. The second-order valence-corrected chi connectivity index (χ2v) is 4.64. The van der Waals surface area contributed by atoms with Gasteiger partial charge in [0.15, 0.2) is 11.5 Å². The maximum atomic E-state index is 5.53. The van der Waals surface area contributed by atoms with Crippen molar-refractivity contribution in [3.05, 3.63) is 23.3 Å². The Labute approximate surface area is 109 Å². The van der Waals surface area contributed by atoms with E-state index in [0.29, 0.717) is 5.92 Å². The second-order valence-electron chi connectivity index (χ2n) is 4.64. The average Bonchev–Trinajstić information content (AvgIpc) is 2.44. The molecule has 0 aromatic heterocycles. The smallest absolute Gasteiger partial charge is 0.164 e. The topological polar surface area (TPSA) is 30.8 Å². The summed E-state index contributed by atoms with van der Waals surface area (Å²) in [7, 11) is 5.29. The highest BCUT2D eigenvalue weighted by Gasteiger charge is 2.26. The number of methoxy groups -OCH3 is 2. The van der Waals surface area contributed by atoms with Crippen LogP contribution in [0.3, 0.4) is 0 Å². The first-order chi connectivity index (χ1) is 8.74. The predicted octanol–water partition coefficient (Wildman–Crippen LogP) is 2.90. The Morgan fingerprint density at radius 3 is 2.61 bits per heavy atom. The van der Waals surface area contributed by atoms with Crippen molar-refractivity contribution in [3.63, 3.8) is 0 Å². The lowest BCUT2D eigenvalue weighted by Crippen LogP contribution is -2.25. The molecule has 1 aliphatic rings. The molecule has 3 nitrogen and oxygen atoms in total. The monoisotopic (exact) mass is 247 g/mol. The van der Waals surface area contributed by atoms with Gasteiger partial charge >= 0.3 is 0 Å². The van der Waals surface area contributed by atoms with Gasteiger partial charge < -0.3 is 9.47 Å². The molecular weight excluding hydrogens is 226 g/mol. The van der Waals surface area contributed by atoms with Gasteiger partial charge in [-0.05, 0) is 24.5 Å². The Kier molecular flexibility index (Phi) is 3.90. The van der Waals surface area contributed by atoms with Crippen LogP contribution in [0.15, 0.2) is 17.1 Å². The van der Waals surface area contributed by atoms with Gasteiger partial charge in [0, 0.05) is 30.7 Å². The van der Waals surface area contributed by atoms with E-state index in [1.54, 1.807) is 14.2 Å². The average molecular weight is 247 g/mol. The molecule has 1 unspecified atom stereocenters. The van der Waals surface area contributed by atoms with E-state index in [4.69, 9.17) is 9.47 Å². The highest BCUT2D eigenvalue weighted by atomic mass is 16.5. The molecule has 0 N–H and O–H groups in total. The van der Waals surface area contributed by atoms with Crippen molar-refractivity contribution in [1.29, 1.82) is 0 Å². The summed E-state index contributed by atoms with van der Waals surface area (Å²) in [4.78, 5) is 4.44. The first kappa shape index (κ1) is 12.9. The molecule has 0 radical (unpaired) electrons. The second kappa shape index (κ2) is 5.42. The van der Waals surface area contributed by atoms with Crippen LogP contribution in [0.1, 0.15) is 24.5 Å². The summed E-state index contributed by atoms with van der Waals surface area (Å²) in [5, 5.41) is 0. The quantitative estimate of drug-likeness (QED) is 0.822. The number of fused-ring (bicyclic) bond motifs is 1. The molecule has 0 spiro atoms. The summed E-state index contributed by atoms with van der Waals surface area (Å²) in [6.07, 6.45) is 3.05. The predicted molar refractivity (Wildman–Crippen MR) is 74.1 cm³/mol.